The standard InChI is InChI=1S/C13H13NO2S/c1-2-16-11-8-9-17-12(11)13(15)14-10-6-4-3-5-7-10/h3-9H,2H2,1H3,(H,14,15). The van der Waals surface area contributed by atoms with E-state index in [1.165, 1.54) is 11.3 Å². The largest absolute Gasteiger partial charge is 0.492 e. The predicted molar refractivity (Wildman–Crippen MR) is 69.9 cm³/mol. The molecule has 0 saturated heterocycles. The van der Waals surface area contributed by atoms with Gasteiger partial charge in [-0.3, -0.25) is 4.79 Å². The first-order chi connectivity index (χ1) is 8.31. The maximum Gasteiger partial charge on any atom is 0.269 e. The van der Waals surface area contributed by atoms with Crippen LogP contribution < -0.4 is 10.1 Å². The van der Waals surface area contributed by atoms with Crippen LogP contribution in [0.3, 0.4) is 0 Å². The zero-order chi connectivity index (χ0) is 12.1. The quantitative estimate of drug-likeness (QED) is 0.899. The van der Waals surface area contributed by atoms with E-state index < -0.39 is 0 Å². The molecule has 17 heavy (non-hydrogen) atoms. The van der Waals surface area contributed by atoms with Gasteiger partial charge in [-0.1, -0.05) is 18.2 Å². The molecule has 3 nitrogen and oxygen atoms in total. The van der Waals surface area contributed by atoms with Crippen molar-refractivity contribution in [1.82, 2.24) is 0 Å². The molecule has 1 aromatic heterocycles. The third kappa shape index (κ3) is 2.85. The van der Waals surface area contributed by atoms with Crippen LogP contribution in [0.4, 0.5) is 5.69 Å². The lowest BCUT2D eigenvalue weighted by Gasteiger charge is -2.06. The summed E-state index contributed by atoms with van der Waals surface area (Å²) in [6, 6.07) is 11.2. The number of carbonyl (C=O) groups excluding carboxylic acids is 1. The van der Waals surface area contributed by atoms with E-state index in [9.17, 15) is 4.79 Å². The highest BCUT2D eigenvalue weighted by Gasteiger charge is 2.14. The Kier molecular flexibility index (Phi) is 3.77. The van der Waals surface area contributed by atoms with Crippen LogP contribution in [0, 0.1) is 0 Å². The van der Waals surface area contributed by atoms with Gasteiger partial charge >= 0.3 is 0 Å². The van der Waals surface area contributed by atoms with Crippen LogP contribution in [0.25, 0.3) is 0 Å². The second-order valence-corrected chi connectivity index (χ2v) is 4.28. The molecule has 1 aromatic carbocycles. The molecule has 0 bridgehead atoms. The third-order valence-corrected chi connectivity index (χ3v) is 3.06. The summed E-state index contributed by atoms with van der Waals surface area (Å²) in [7, 11) is 0. The van der Waals surface area contributed by atoms with E-state index in [1.807, 2.05) is 48.7 Å². The molecule has 0 aliphatic carbocycles. The highest BCUT2D eigenvalue weighted by atomic mass is 32.1. The van der Waals surface area contributed by atoms with E-state index in [-0.39, 0.29) is 5.91 Å². The molecule has 88 valence electrons. The smallest absolute Gasteiger partial charge is 0.269 e. The van der Waals surface area contributed by atoms with E-state index >= 15 is 0 Å². The molecular weight excluding hydrogens is 234 g/mol. The second-order valence-electron chi connectivity index (χ2n) is 3.37. The van der Waals surface area contributed by atoms with Gasteiger partial charge in [-0.25, -0.2) is 0 Å². The lowest BCUT2D eigenvalue weighted by Crippen LogP contribution is -2.11. The van der Waals surface area contributed by atoms with Crippen LogP contribution in [-0.2, 0) is 0 Å². The number of rotatable bonds is 4. The Balaban J connectivity index is 2.12. The highest BCUT2D eigenvalue weighted by molar-refractivity contribution is 7.12. The average molecular weight is 247 g/mol. The van der Waals surface area contributed by atoms with Crippen molar-refractivity contribution < 1.29 is 9.53 Å². The van der Waals surface area contributed by atoms with Crippen LogP contribution in [0.15, 0.2) is 41.8 Å². The van der Waals surface area contributed by atoms with Crippen molar-refractivity contribution in [2.45, 2.75) is 6.92 Å². The normalized spacial score (nSPS) is 9.94. The molecule has 0 spiro atoms. The Labute approximate surface area is 104 Å². The third-order valence-electron chi connectivity index (χ3n) is 2.17. The van der Waals surface area contributed by atoms with Gasteiger partial charge < -0.3 is 10.1 Å². The molecule has 1 amide bonds. The van der Waals surface area contributed by atoms with Gasteiger partial charge in [0.15, 0.2) is 0 Å². The van der Waals surface area contributed by atoms with Gasteiger partial charge in [0.2, 0.25) is 0 Å². The van der Waals surface area contributed by atoms with Gasteiger partial charge in [0.25, 0.3) is 5.91 Å². The molecule has 0 saturated carbocycles. The first kappa shape index (κ1) is 11.7. The Hall–Kier alpha value is -1.81. The summed E-state index contributed by atoms with van der Waals surface area (Å²) >= 11 is 1.38. The minimum absolute atomic E-state index is 0.130. The van der Waals surface area contributed by atoms with Crippen molar-refractivity contribution in [3.8, 4) is 5.75 Å². The highest BCUT2D eigenvalue weighted by Crippen LogP contribution is 2.25. The van der Waals surface area contributed by atoms with Crippen molar-refractivity contribution in [3.05, 3.63) is 46.7 Å². The summed E-state index contributed by atoms with van der Waals surface area (Å²) in [5, 5.41) is 4.69. The number of amides is 1. The van der Waals surface area contributed by atoms with E-state index in [2.05, 4.69) is 5.32 Å². The lowest BCUT2D eigenvalue weighted by molar-refractivity contribution is 0.102. The number of hydrogen-bond donors (Lipinski definition) is 1. The summed E-state index contributed by atoms with van der Waals surface area (Å²) in [5.41, 5.74) is 0.786. The molecule has 0 fully saturated rings. The summed E-state index contributed by atoms with van der Waals surface area (Å²) in [6.45, 7) is 2.46. The molecular formula is C13H13NO2S. The van der Waals surface area contributed by atoms with Crippen molar-refractivity contribution in [1.29, 1.82) is 0 Å². The fourth-order valence-electron chi connectivity index (χ4n) is 1.44. The Bertz CT molecular complexity index is 493. The van der Waals surface area contributed by atoms with E-state index in [0.717, 1.165) is 5.69 Å². The first-order valence-corrected chi connectivity index (χ1v) is 6.26. The molecule has 0 unspecified atom stereocenters. The van der Waals surface area contributed by atoms with Gasteiger partial charge in [-0.05, 0) is 30.5 Å². The second kappa shape index (κ2) is 5.50. The van der Waals surface area contributed by atoms with Crippen LogP contribution >= 0.6 is 11.3 Å². The molecule has 0 atom stereocenters. The van der Waals surface area contributed by atoms with Crippen LogP contribution in [-0.4, -0.2) is 12.5 Å². The summed E-state index contributed by atoms with van der Waals surface area (Å²) in [6.07, 6.45) is 0. The number of benzene rings is 1. The topological polar surface area (TPSA) is 38.3 Å². The number of nitrogens with one attached hydrogen (secondary N) is 1. The predicted octanol–water partition coefficient (Wildman–Crippen LogP) is 3.40. The minimum Gasteiger partial charge on any atom is -0.492 e. The van der Waals surface area contributed by atoms with Crippen molar-refractivity contribution in [2.75, 3.05) is 11.9 Å². The molecule has 2 rings (SSSR count). The van der Waals surface area contributed by atoms with Gasteiger partial charge in [-0.15, -0.1) is 11.3 Å². The number of carbonyl (C=O) groups is 1. The lowest BCUT2D eigenvalue weighted by atomic mass is 10.3. The van der Waals surface area contributed by atoms with Crippen molar-refractivity contribution >= 4 is 22.9 Å². The molecule has 0 aliphatic heterocycles. The van der Waals surface area contributed by atoms with Gasteiger partial charge in [0.1, 0.15) is 10.6 Å². The Morgan fingerprint density at radius 1 is 1.29 bits per heavy atom. The molecule has 4 heteroatoms. The van der Waals surface area contributed by atoms with Crippen molar-refractivity contribution in [3.63, 3.8) is 0 Å². The maximum atomic E-state index is 12.0. The van der Waals surface area contributed by atoms with Crippen LogP contribution in [0.5, 0.6) is 5.75 Å². The molecule has 2 aromatic rings. The van der Waals surface area contributed by atoms with Gasteiger partial charge in [0, 0.05) is 5.69 Å². The SMILES string of the molecule is CCOc1ccsc1C(=O)Nc1ccccc1. The zero-order valence-electron chi connectivity index (χ0n) is 9.47. The van der Waals surface area contributed by atoms with Gasteiger partial charge in [-0.2, -0.15) is 0 Å². The average Bonchev–Trinajstić information content (AvgIpc) is 2.79. The maximum absolute atomic E-state index is 12.0. The molecule has 1 heterocycles. The monoisotopic (exact) mass is 247 g/mol. The van der Waals surface area contributed by atoms with Gasteiger partial charge in [0.05, 0.1) is 6.61 Å². The van der Waals surface area contributed by atoms with Crippen molar-refractivity contribution in [2.24, 2.45) is 0 Å². The number of anilines is 1. The van der Waals surface area contributed by atoms with E-state index in [1.54, 1.807) is 0 Å². The minimum atomic E-state index is -0.130. The van der Waals surface area contributed by atoms with Crippen LogP contribution in [0.2, 0.25) is 0 Å². The number of thiophene rings is 1. The molecule has 0 radical (unpaired) electrons. The Morgan fingerprint density at radius 2 is 2.06 bits per heavy atom. The Morgan fingerprint density at radius 3 is 2.76 bits per heavy atom. The summed E-state index contributed by atoms with van der Waals surface area (Å²) in [5.74, 6) is 0.514. The fourth-order valence-corrected chi connectivity index (χ4v) is 2.17. The zero-order valence-corrected chi connectivity index (χ0v) is 10.3. The first-order valence-electron chi connectivity index (χ1n) is 5.38. The molecule has 0 aliphatic rings. The fraction of sp³-hybridized carbons (Fsp3) is 0.154. The van der Waals surface area contributed by atoms with E-state index in [4.69, 9.17) is 4.74 Å². The number of ether oxygens (including phenoxy) is 1. The number of para-hydroxylation sites is 1. The number of hydrogen-bond acceptors (Lipinski definition) is 3. The summed E-state index contributed by atoms with van der Waals surface area (Å²) < 4.78 is 5.39. The van der Waals surface area contributed by atoms with Crippen LogP contribution in [0.1, 0.15) is 16.6 Å². The summed E-state index contributed by atoms with van der Waals surface area (Å²) in [4.78, 5) is 12.6. The van der Waals surface area contributed by atoms with E-state index in [0.29, 0.717) is 17.2 Å². The molecule has 1 N–H and O–H groups in total.